The summed E-state index contributed by atoms with van der Waals surface area (Å²) >= 11 is 0. The highest BCUT2D eigenvalue weighted by Gasteiger charge is 2.26. The third kappa shape index (κ3) is 5.47. The van der Waals surface area contributed by atoms with Gasteiger partial charge < -0.3 is 19.0 Å². The predicted molar refractivity (Wildman–Crippen MR) is 140 cm³/mol. The summed E-state index contributed by atoms with van der Waals surface area (Å²) in [6, 6.07) is 11.4. The molecule has 0 spiro atoms. The molecule has 1 aliphatic heterocycles. The van der Waals surface area contributed by atoms with E-state index in [9.17, 15) is 9.59 Å². The lowest BCUT2D eigenvalue weighted by molar-refractivity contribution is 0.0240. The van der Waals surface area contributed by atoms with Gasteiger partial charge in [0, 0.05) is 37.4 Å². The molecule has 4 aromatic rings. The fraction of sp³-hybridized carbons (Fsp3) is 0.370. The second-order valence-corrected chi connectivity index (χ2v) is 10.1. The molecule has 10 heteroatoms. The van der Waals surface area contributed by atoms with Gasteiger partial charge in [-0.25, -0.2) is 24.5 Å². The third-order valence-corrected chi connectivity index (χ3v) is 6.11. The fourth-order valence-corrected chi connectivity index (χ4v) is 4.28. The first-order chi connectivity index (χ1) is 17.7. The van der Waals surface area contributed by atoms with Crippen LogP contribution >= 0.6 is 0 Å². The Hall–Kier alpha value is -4.21. The molecule has 1 aromatic carbocycles. The fourth-order valence-electron chi connectivity index (χ4n) is 4.28. The molecule has 5 rings (SSSR count). The van der Waals surface area contributed by atoms with E-state index in [1.807, 2.05) is 58.0 Å². The summed E-state index contributed by atoms with van der Waals surface area (Å²) < 4.78 is 12.3. The second-order valence-electron chi connectivity index (χ2n) is 10.1. The molecular weight excluding hydrogens is 472 g/mol. The number of pyridine rings is 1. The molecule has 37 heavy (non-hydrogen) atoms. The van der Waals surface area contributed by atoms with Gasteiger partial charge in [0.15, 0.2) is 17.1 Å². The number of amides is 1. The number of anilines is 1. The zero-order chi connectivity index (χ0) is 26.2. The van der Waals surface area contributed by atoms with E-state index in [1.165, 1.54) is 4.57 Å². The van der Waals surface area contributed by atoms with Gasteiger partial charge in [-0.1, -0.05) is 18.2 Å². The molecule has 0 aliphatic carbocycles. The molecule has 192 valence electrons. The summed E-state index contributed by atoms with van der Waals surface area (Å²) in [5.74, 6) is 0.155. The van der Waals surface area contributed by atoms with Crippen molar-refractivity contribution in [2.45, 2.75) is 39.8 Å². The van der Waals surface area contributed by atoms with E-state index >= 15 is 0 Å². The lowest BCUT2D eigenvalue weighted by Gasteiger charge is -2.36. The van der Waals surface area contributed by atoms with Crippen molar-refractivity contribution in [3.8, 4) is 11.4 Å². The van der Waals surface area contributed by atoms with Crippen LogP contribution in [0.2, 0.25) is 0 Å². The van der Waals surface area contributed by atoms with Crippen LogP contribution in [0.3, 0.4) is 0 Å². The van der Waals surface area contributed by atoms with Gasteiger partial charge in [0.1, 0.15) is 5.60 Å². The van der Waals surface area contributed by atoms with Crippen LogP contribution < -0.4 is 10.7 Å². The molecule has 1 saturated heterocycles. The molecule has 10 nitrogen and oxygen atoms in total. The minimum Gasteiger partial charge on any atom is -0.444 e. The van der Waals surface area contributed by atoms with Crippen LogP contribution in [0.25, 0.3) is 22.6 Å². The van der Waals surface area contributed by atoms with Crippen molar-refractivity contribution in [1.29, 1.82) is 0 Å². The number of aryl methyl sites for hydroxylation is 1. The number of hydrogen-bond acceptors (Lipinski definition) is 8. The Morgan fingerprint density at radius 1 is 1.05 bits per heavy atom. The zero-order valence-corrected chi connectivity index (χ0v) is 21.5. The summed E-state index contributed by atoms with van der Waals surface area (Å²) in [6.45, 7) is 10.3. The molecule has 0 unspecified atom stereocenters. The van der Waals surface area contributed by atoms with E-state index in [0.717, 1.165) is 22.5 Å². The summed E-state index contributed by atoms with van der Waals surface area (Å²) in [6.07, 6.45) is 3.33. The third-order valence-electron chi connectivity index (χ3n) is 6.11. The summed E-state index contributed by atoms with van der Waals surface area (Å²) in [7, 11) is 0. The first kappa shape index (κ1) is 24.5. The van der Waals surface area contributed by atoms with Gasteiger partial charge in [-0.05, 0) is 51.5 Å². The molecule has 1 fully saturated rings. The van der Waals surface area contributed by atoms with Crippen molar-refractivity contribution >= 4 is 23.0 Å². The molecule has 3 aromatic heterocycles. The molecule has 1 amide bonds. The number of piperazine rings is 1. The van der Waals surface area contributed by atoms with Crippen molar-refractivity contribution in [2.75, 3.05) is 31.1 Å². The Labute approximate surface area is 214 Å². The number of aromatic nitrogens is 4. The van der Waals surface area contributed by atoms with E-state index in [1.54, 1.807) is 23.4 Å². The van der Waals surface area contributed by atoms with Gasteiger partial charge in [-0.2, -0.15) is 0 Å². The lowest BCUT2D eigenvalue weighted by atomic mass is 10.1. The summed E-state index contributed by atoms with van der Waals surface area (Å²) in [5.41, 5.74) is 3.98. The number of carbonyl (C=O) groups is 1. The number of rotatable bonds is 4. The number of oxazole rings is 1. The molecule has 0 saturated carbocycles. The molecule has 0 atom stereocenters. The Kier molecular flexibility index (Phi) is 6.41. The molecule has 0 radical (unpaired) electrons. The molecule has 0 N–H and O–H groups in total. The Morgan fingerprint density at radius 2 is 1.78 bits per heavy atom. The zero-order valence-electron chi connectivity index (χ0n) is 21.5. The Morgan fingerprint density at radius 3 is 2.49 bits per heavy atom. The topological polar surface area (TPSA) is 107 Å². The van der Waals surface area contributed by atoms with Crippen LogP contribution in [0, 0.1) is 6.92 Å². The average Bonchev–Trinajstić information content (AvgIpc) is 3.17. The van der Waals surface area contributed by atoms with Crippen LogP contribution in [0.5, 0.6) is 0 Å². The Balaban J connectivity index is 1.27. The number of fused-ring (bicyclic) bond motifs is 1. The van der Waals surface area contributed by atoms with Gasteiger partial charge in [0.25, 0.3) is 0 Å². The Bertz CT molecular complexity index is 1480. The van der Waals surface area contributed by atoms with Crippen molar-refractivity contribution in [2.24, 2.45) is 0 Å². The van der Waals surface area contributed by atoms with E-state index < -0.39 is 11.4 Å². The van der Waals surface area contributed by atoms with Gasteiger partial charge in [0.05, 0.1) is 24.6 Å². The van der Waals surface area contributed by atoms with E-state index in [0.29, 0.717) is 49.8 Å². The highest BCUT2D eigenvalue weighted by molar-refractivity contribution is 5.69. The standard InChI is InChI=1S/C27H30N6O4/c1-18-8-9-22-24(30-18)33(26(35)36-22)17-19-6-5-7-20(14-19)23-28-15-21(16-29-23)31-10-12-32(13-11-31)25(34)37-27(2,3)4/h5-9,14-16H,10-13,17H2,1-4H3. The van der Waals surface area contributed by atoms with Gasteiger partial charge in [0.2, 0.25) is 0 Å². The van der Waals surface area contributed by atoms with Crippen LogP contribution in [0.15, 0.2) is 58.0 Å². The van der Waals surface area contributed by atoms with Gasteiger partial charge in [-0.3, -0.25) is 4.57 Å². The first-order valence-corrected chi connectivity index (χ1v) is 12.3. The van der Waals surface area contributed by atoms with E-state index in [-0.39, 0.29) is 6.09 Å². The quantitative estimate of drug-likeness (QED) is 0.414. The first-order valence-electron chi connectivity index (χ1n) is 12.3. The second kappa shape index (κ2) is 9.68. The monoisotopic (exact) mass is 502 g/mol. The normalized spacial score (nSPS) is 14.3. The molecule has 4 heterocycles. The molecule has 0 bridgehead atoms. The smallest absolute Gasteiger partial charge is 0.421 e. The minimum absolute atomic E-state index is 0.282. The van der Waals surface area contributed by atoms with E-state index in [2.05, 4.69) is 19.9 Å². The molecular formula is C27H30N6O4. The van der Waals surface area contributed by atoms with Crippen LogP contribution in [0.1, 0.15) is 32.0 Å². The largest absolute Gasteiger partial charge is 0.444 e. The number of nitrogens with zero attached hydrogens (tertiary/aromatic N) is 6. The highest BCUT2D eigenvalue weighted by atomic mass is 16.6. The van der Waals surface area contributed by atoms with Crippen LogP contribution in [-0.4, -0.2) is 62.3 Å². The lowest BCUT2D eigenvalue weighted by Crippen LogP contribution is -2.50. The predicted octanol–water partition coefficient (Wildman–Crippen LogP) is 3.86. The van der Waals surface area contributed by atoms with Crippen molar-refractivity contribution in [3.05, 3.63) is 70.6 Å². The average molecular weight is 503 g/mol. The van der Waals surface area contributed by atoms with Crippen LogP contribution in [-0.2, 0) is 11.3 Å². The van der Waals surface area contributed by atoms with Gasteiger partial charge >= 0.3 is 11.8 Å². The van der Waals surface area contributed by atoms with Crippen molar-refractivity contribution in [3.63, 3.8) is 0 Å². The minimum atomic E-state index is -0.507. The van der Waals surface area contributed by atoms with Gasteiger partial charge in [-0.15, -0.1) is 0 Å². The molecule has 1 aliphatic rings. The summed E-state index contributed by atoms with van der Waals surface area (Å²) in [5, 5.41) is 0. The maximum atomic E-state index is 12.4. The van der Waals surface area contributed by atoms with Crippen LogP contribution in [0.4, 0.5) is 10.5 Å². The van der Waals surface area contributed by atoms with Crippen molar-refractivity contribution in [1.82, 2.24) is 24.4 Å². The number of hydrogen-bond donors (Lipinski definition) is 0. The maximum Gasteiger partial charge on any atom is 0.421 e. The highest BCUT2D eigenvalue weighted by Crippen LogP contribution is 2.22. The van der Waals surface area contributed by atoms with Crippen molar-refractivity contribution < 1.29 is 13.9 Å². The van der Waals surface area contributed by atoms with E-state index in [4.69, 9.17) is 9.15 Å². The maximum absolute atomic E-state index is 12.4. The number of carbonyl (C=O) groups excluding carboxylic acids is 1. The number of ether oxygens (including phenoxy) is 1. The number of benzene rings is 1. The SMILES string of the molecule is Cc1ccc2oc(=O)n(Cc3cccc(-c4ncc(N5CCN(C(=O)OC(C)(C)C)CC5)cn4)c3)c2n1. The summed E-state index contributed by atoms with van der Waals surface area (Å²) in [4.78, 5) is 42.3.